The number of amides is 1. The molecule has 2 rings (SSSR count). The molecule has 27 heavy (non-hydrogen) atoms. The number of aryl methyl sites for hydroxylation is 1. The number of esters is 1. The van der Waals surface area contributed by atoms with Gasteiger partial charge in [-0.25, -0.2) is 4.79 Å². The number of ether oxygens (including phenoxy) is 2. The fourth-order valence-electron chi connectivity index (χ4n) is 2.65. The molecule has 0 unspecified atom stereocenters. The van der Waals surface area contributed by atoms with Gasteiger partial charge in [0.2, 0.25) is 0 Å². The Morgan fingerprint density at radius 1 is 1.07 bits per heavy atom. The van der Waals surface area contributed by atoms with Crippen LogP contribution in [-0.2, 0) is 9.53 Å². The maximum Gasteiger partial charge on any atom is 0.338 e. The molecular formula is C22H27NO4. The fraction of sp³-hybridized carbons (Fsp3) is 0.364. The molecule has 2 aromatic carbocycles. The van der Waals surface area contributed by atoms with Crippen LogP contribution >= 0.6 is 0 Å². The van der Waals surface area contributed by atoms with Gasteiger partial charge in [-0.05, 0) is 62.1 Å². The van der Waals surface area contributed by atoms with Gasteiger partial charge in [-0.15, -0.1) is 0 Å². The van der Waals surface area contributed by atoms with Gasteiger partial charge in [-0.3, -0.25) is 4.79 Å². The van der Waals surface area contributed by atoms with Crippen LogP contribution in [0, 0.1) is 6.92 Å². The highest BCUT2D eigenvalue weighted by Gasteiger charge is 2.18. The Labute approximate surface area is 160 Å². The first-order valence-corrected chi connectivity index (χ1v) is 9.17. The topological polar surface area (TPSA) is 64.6 Å². The lowest BCUT2D eigenvalue weighted by Crippen LogP contribution is -2.30. The second-order valence-electron chi connectivity index (χ2n) is 6.75. The molecule has 1 amide bonds. The van der Waals surface area contributed by atoms with Crippen molar-refractivity contribution in [1.82, 2.24) is 0 Å². The molecule has 0 heterocycles. The minimum absolute atomic E-state index is 0.285. The standard InChI is InChI=1S/C22H27NO4/c1-6-26-22(25)17-8-7-9-18(13-17)23-21(24)16(5)27-20-12-15(4)10-11-19(20)14(2)3/h7-14,16H,6H2,1-5H3,(H,23,24)/t16-/m1/s1. The number of anilines is 1. The van der Waals surface area contributed by atoms with Crippen LogP contribution in [0.25, 0.3) is 0 Å². The Hall–Kier alpha value is -2.82. The normalized spacial score (nSPS) is 11.8. The van der Waals surface area contributed by atoms with Crippen LogP contribution in [0.2, 0.25) is 0 Å². The molecule has 0 aliphatic carbocycles. The molecule has 0 saturated carbocycles. The van der Waals surface area contributed by atoms with Crippen molar-refractivity contribution in [1.29, 1.82) is 0 Å². The number of hydrogen-bond donors (Lipinski definition) is 1. The van der Waals surface area contributed by atoms with E-state index in [0.717, 1.165) is 11.1 Å². The first-order chi connectivity index (χ1) is 12.8. The molecule has 0 aliphatic heterocycles. The summed E-state index contributed by atoms with van der Waals surface area (Å²) in [4.78, 5) is 24.4. The largest absolute Gasteiger partial charge is 0.481 e. The van der Waals surface area contributed by atoms with Crippen LogP contribution in [-0.4, -0.2) is 24.6 Å². The highest BCUT2D eigenvalue weighted by Crippen LogP contribution is 2.28. The molecular weight excluding hydrogens is 342 g/mol. The van der Waals surface area contributed by atoms with Crippen LogP contribution in [0.15, 0.2) is 42.5 Å². The highest BCUT2D eigenvalue weighted by atomic mass is 16.5. The van der Waals surface area contributed by atoms with Gasteiger partial charge in [0.05, 0.1) is 12.2 Å². The Kier molecular flexibility index (Phi) is 6.99. The third-order valence-electron chi connectivity index (χ3n) is 4.11. The number of nitrogens with one attached hydrogen (secondary N) is 1. The predicted molar refractivity (Wildman–Crippen MR) is 106 cm³/mol. The molecule has 144 valence electrons. The lowest BCUT2D eigenvalue weighted by molar-refractivity contribution is -0.122. The van der Waals surface area contributed by atoms with Gasteiger partial charge in [0.1, 0.15) is 5.75 Å². The van der Waals surface area contributed by atoms with Crippen LogP contribution < -0.4 is 10.1 Å². The molecule has 0 saturated heterocycles. The number of carbonyl (C=O) groups excluding carboxylic acids is 2. The molecule has 2 aromatic rings. The van der Waals surface area contributed by atoms with E-state index in [4.69, 9.17) is 9.47 Å². The number of rotatable bonds is 7. The summed E-state index contributed by atoms with van der Waals surface area (Å²) in [7, 11) is 0. The summed E-state index contributed by atoms with van der Waals surface area (Å²) in [6.45, 7) is 9.92. The van der Waals surface area contributed by atoms with Crippen LogP contribution in [0.5, 0.6) is 5.75 Å². The fourth-order valence-corrected chi connectivity index (χ4v) is 2.65. The van der Waals surface area contributed by atoms with Gasteiger partial charge in [-0.2, -0.15) is 0 Å². The first kappa shape index (κ1) is 20.5. The van der Waals surface area contributed by atoms with E-state index >= 15 is 0 Å². The molecule has 0 aliphatic rings. The van der Waals surface area contributed by atoms with E-state index in [9.17, 15) is 9.59 Å². The van der Waals surface area contributed by atoms with E-state index in [1.165, 1.54) is 0 Å². The third kappa shape index (κ3) is 5.58. The average molecular weight is 369 g/mol. The van der Waals surface area contributed by atoms with Crippen molar-refractivity contribution in [2.45, 2.75) is 46.6 Å². The van der Waals surface area contributed by atoms with Crippen LogP contribution in [0.1, 0.15) is 55.1 Å². The average Bonchev–Trinajstić information content (AvgIpc) is 2.62. The number of carbonyl (C=O) groups is 2. The van der Waals surface area contributed by atoms with Crippen molar-refractivity contribution in [3.05, 3.63) is 59.2 Å². The van der Waals surface area contributed by atoms with E-state index in [0.29, 0.717) is 23.6 Å². The summed E-state index contributed by atoms with van der Waals surface area (Å²) in [5.74, 6) is 0.302. The maximum absolute atomic E-state index is 12.5. The molecule has 1 N–H and O–H groups in total. The van der Waals surface area contributed by atoms with Crippen molar-refractivity contribution < 1.29 is 19.1 Å². The van der Waals surface area contributed by atoms with E-state index in [-0.39, 0.29) is 11.8 Å². The zero-order chi connectivity index (χ0) is 20.0. The summed E-state index contributed by atoms with van der Waals surface area (Å²) >= 11 is 0. The molecule has 5 heteroatoms. The van der Waals surface area contributed by atoms with E-state index in [1.54, 1.807) is 38.1 Å². The van der Waals surface area contributed by atoms with Crippen molar-refractivity contribution in [3.8, 4) is 5.75 Å². The Morgan fingerprint density at radius 3 is 2.48 bits per heavy atom. The Bertz CT molecular complexity index is 814. The maximum atomic E-state index is 12.5. The highest BCUT2D eigenvalue weighted by molar-refractivity contribution is 5.96. The van der Waals surface area contributed by atoms with Crippen molar-refractivity contribution in [2.24, 2.45) is 0 Å². The van der Waals surface area contributed by atoms with E-state index < -0.39 is 12.1 Å². The lowest BCUT2D eigenvalue weighted by atomic mass is 10.0. The molecule has 5 nitrogen and oxygen atoms in total. The zero-order valence-corrected chi connectivity index (χ0v) is 16.5. The summed E-state index contributed by atoms with van der Waals surface area (Å²) < 4.78 is 10.9. The molecule has 0 fully saturated rings. The molecule has 0 spiro atoms. The van der Waals surface area contributed by atoms with Crippen molar-refractivity contribution in [3.63, 3.8) is 0 Å². The van der Waals surface area contributed by atoms with E-state index in [1.807, 2.05) is 25.1 Å². The van der Waals surface area contributed by atoms with Gasteiger partial charge >= 0.3 is 5.97 Å². The third-order valence-corrected chi connectivity index (χ3v) is 4.11. The second kappa shape index (κ2) is 9.21. The molecule has 0 aromatic heterocycles. The predicted octanol–water partition coefficient (Wildman–Crippen LogP) is 4.70. The molecule has 0 radical (unpaired) electrons. The van der Waals surface area contributed by atoms with Gasteiger partial charge in [0.25, 0.3) is 5.91 Å². The van der Waals surface area contributed by atoms with Gasteiger partial charge < -0.3 is 14.8 Å². The Balaban J connectivity index is 2.10. The van der Waals surface area contributed by atoms with Crippen molar-refractivity contribution in [2.75, 3.05) is 11.9 Å². The van der Waals surface area contributed by atoms with Gasteiger partial charge in [0, 0.05) is 5.69 Å². The zero-order valence-electron chi connectivity index (χ0n) is 16.5. The van der Waals surface area contributed by atoms with Crippen LogP contribution in [0.4, 0.5) is 5.69 Å². The van der Waals surface area contributed by atoms with Gasteiger partial charge in [0.15, 0.2) is 6.10 Å². The molecule has 0 bridgehead atoms. The summed E-state index contributed by atoms with van der Waals surface area (Å²) in [6.07, 6.45) is -0.685. The Morgan fingerprint density at radius 2 is 1.81 bits per heavy atom. The minimum atomic E-state index is -0.685. The van der Waals surface area contributed by atoms with Gasteiger partial charge in [-0.1, -0.05) is 32.0 Å². The SMILES string of the molecule is CCOC(=O)c1cccc(NC(=O)[C@@H](C)Oc2cc(C)ccc2C(C)C)c1. The monoisotopic (exact) mass is 369 g/mol. The number of hydrogen-bond acceptors (Lipinski definition) is 4. The van der Waals surface area contributed by atoms with Crippen molar-refractivity contribution >= 4 is 17.6 Å². The second-order valence-corrected chi connectivity index (χ2v) is 6.75. The minimum Gasteiger partial charge on any atom is -0.481 e. The van der Waals surface area contributed by atoms with Crippen LogP contribution in [0.3, 0.4) is 0 Å². The quantitative estimate of drug-likeness (QED) is 0.719. The summed E-state index contributed by atoms with van der Waals surface area (Å²) in [6, 6.07) is 12.7. The summed E-state index contributed by atoms with van der Waals surface area (Å²) in [5, 5.41) is 2.79. The lowest BCUT2D eigenvalue weighted by Gasteiger charge is -2.19. The number of benzene rings is 2. The smallest absolute Gasteiger partial charge is 0.338 e. The summed E-state index contributed by atoms with van der Waals surface area (Å²) in [5.41, 5.74) is 3.05. The van der Waals surface area contributed by atoms with E-state index in [2.05, 4.69) is 19.2 Å². The molecule has 1 atom stereocenters. The first-order valence-electron chi connectivity index (χ1n) is 9.17.